The van der Waals surface area contributed by atoms with Crippen molar-refractivity contribution in [2.75, 3.05) is 4.31 Å². The number of anilines is 1. The minimum atomic E-state index is -3.92. The highest BCUT2D eigenvalue weighted by molar-refractivity contribution is 7.93. The number of nitrogens with zero attached hydrogens (tertiary/aromatic N) is 1. The first-order valence-electron chi connectivity index (χ1n) is 8.05. The Morgan fingerprint density at radius 1 is 0.960 bits per heavy atom. The molecule has 0 saturated heterocycles. The molecule has 1 unspecified atom stereocenters. The molecular weight excluding hydrogens is 358 g/mol. The summed E-state index contributed by atoms with van der Waals surface area (Å²) < 4.78 is 27.3. The average Bonchev–Trinajstić information content (AvgIpc) is 2.55. The van der Waals surface area contributed by atoms with E-state index >= 15 is 0 Å². The summed E-state index contributed by atoms with van der Waals surface area (Å²) in [4.78, 5) is 11.8. The number of carbonyl (C=O) groups excluding carboxylic acids is 1. The Morgan fingerprint density at radius 2 is 1.48 bits per heavy atom. The third kappa shape index (κ3) is 4.22. The van der Waals surface area contributed by atoms with E-state index in [4.69, 9.17) is 11.6 Å². The van der Waals surface area contributed by atoms with Crippen molar-refractivity contribution in [1.82, 2.24) is 0 Å². The van der Waals surface area contributed by atoms with Crippen LogP contribution >= 0.6 is 11.6 Å². The van der Waals surface area contributed by atoms with Crippen molar-refractivity contribution in [2.24, 2.45) is 0 Å². The molecule has 25 heavy (non-hydrogen) atoms. The zero-order chi connectivity index (χ0) is 18.8. The highest BCUT2D eigenvalue weighted by atomic mass is 35.5. The fourth-order valence-electron chi connectivity index (χ4n) is 2.49. The van der Waals surface area contributed by atoms with E-state index in [9.17, 15) is 13.2 Å². The lowest BCUT2D eigenvalue weighted by atomic mass is 10.0. The fourth-order valence-corrected chi connectivity index (χ4v) is 4.27. The van der Waals surface area contributed by atoms with Crippen LogP contribution in [0.15, 0.2) is 53.4 Å². The number of hydrogen-bond donors (Lipinski definition) is 0. The highest BCUT2D eigenvalue weighted by Gasteiger charge is 2.32. The second kappa shape index (κ2) is 7.58. The monoisotopic (exact) mass is 379 g/mol. The quantitative estimate of drug-likeness (QED) is 0.696. The van der Waals surface area contributed by atoms with E-state index in [1.54, 1.807) is 24.3 Å². The summed E-state index contributed by atoms with van der Waals surface area (Å²) in [6, 6.07) is 12.6. The van der Waals surface area contributed by atoms with Gasteiger partial charge in [-0.05, 0) is 61.2 Å². The van der Waals surface area contributed by atoms with Crippen LogP contribution in [0.5, 0.6) is 0 Å². The molecule has 0 aromatic heterocycles. The molecule has 2 aromatic rings. The van der Waals surface area contributed by atoms with E-state index in [0.29, 0.717) is 11.6 Å². The smallest absolute Gasteiger partial charge is 0.265 e. The van der Waals surface area contributed by atoms with Gasteiger partial charge in [-0.1, -0.05) is 43.7 Å². The van der Waals surface area contributed by atoms with Crippen LogP contribution in [0.1, 0.15) is 37.8 Å². The van der Waals surface area contributed by atoms with Gasteiger partial charge in [-0.25, -0.2) is 8.42 Å². The second-order valence-corrected chi connectivity index (χ2v) is 8.53. The number of halogens is 1. The van der Waals surface area contributed by atoms with E-state index in [1.165, 1.54) is 19.1 Å². The second-order valence-electron chi connectivity index (χ2n) is 6.34. The Kier molecular flexibility index (Phi) is 5.91. The summed E-state index contributed by atoms with van der Waals surface area (Å²) in [5.41, 5.74) is 2.45. The van der Waals surface area contributed by atoms with Gasteiger partial charge in [0.2, 0.25) is 5.24 Å². The summed E-state index contributed by atoms with van der Waals surface area (Å²) >= 11 is 5.63. The minimum Gasteiger partial charge on any atom is -0.279 e. The Labute approximate surface area is 154 Å². The lowest BCUT2D eigenvalue weighted by Gasteiger charge is -2.28. The summed E-state index contributed by atoms with van der Waals surface area (Å²) in [5, 5.41) is -0.733. The largest absolute Gasteiger partial charge is 0.279 e. The molecule has 0 spiro atoms. The third-order valence-corrected chi connectivity index (χ3v) is 6.30. The molecule has 0 bridgehead atoms. The normalized spacial score (nSPS) is 12.9. The van der Waals surface area contributed by atoms with Gasteiger partial charge in [-0.15, -0.1) is 0 Å². The number of rotatable bonds is 6. The lowest BCUT2D eigenvalue weighted by Crippen LogP contribution is -2.42. The first-order chi connectivity index (χ1) is 11.6. The SMILES string of the molecule is Cc1ccc(S(=O)(=O)N(c2ccc(C(C)C)cc2)C(C)C(=O)Cl)cc1. The summed E-state index contributed by atoms with van der Waals surface area (Å²) in [5.74, 6) is 0.322. The number of carbonyl (C=O) groups is 1. The molecule has 0 aliphatic rings. The molecule has 134 valence electrons. The van der Waals surface area contributed by atoms with Gasteiger partial charge in [-0.3, -0.25) is 9.10 Å². The van der Waals surface area contributed by atoms with Gasteiger partial charge in [0.1, 0.15) is 6.04 Å². The predicted octanol–water partition coefficient (Wildman–Crippen LogP) is 4.47. The predicted molar refractivity (Wildman–Crippen MR) is 102 cm³/mol. The summed E-state index contributed by atoms with van der Waals surface area (Å²) in [6.07, 6.45) is 0. The molecule has 0 heterocycles. The Morgan fingerprint density at radius 3 is 1.92 bits per heavy atom. The van der Waals surface area contributed by atoms with Crippen molar-refractivity contribution < 1.29 is 13.2 Å². The summed E-state index contributed by atoms with van der Waals surface area (Å²) in [7, 11) is -3.92. The summed E-state index contributed by atoms with van der Waals surface area (Å²) in [6.45, 7) is 7.47. The standard InChI is InChI=1S/C19H22ClNO3S/c1-13(2)16-7-9-17(10-8-16)21(15(4)19(20)22)25(23,24)18-11-5-14(3)6-12-18/h5-13,15H,1-4H3. The van der Waals surface area contributed by atoms with E-state index in [1.807, 2.05) is 19.1 Å². The van der Waals surface area contributed by atoms with Gasteiger partial charge < -0.3 is 0 Å². The fraction of sp³-hybridized carbons (Fsp3) is 0.316. The molecule has 0 saturated carbocycles. The van der Waals surface area contributed by atoms with Crippen LogP contribution in [0.2, 0.25) is 0 Å². The van der Waals surface area contributed by atoms with Crippen LogP contribution in [0, 0.1) is 6.92 Å². The van der Waals surface area contributed by atoms with Gasteiger partial charge >= 0.3 is 0 Å². The number of sulfonamides is 1. The zero-order valence-corrected chi connectivity index (χ0v) is 16.3. The van der Waals surface area contributed by atoms with E-state index in [-0.39, 0.29) is 4.90 Å². The van der Waals surface area contributed by atoms with Crippen LogP contribution in [0.3, 0.4) is 0 Å². The van der Waals surface area contributed by atoms with Gasteiger partial charge in [0.15, 0.2) is 0 Å². The lowest BCUT2D eigenvalue weighted by molar-refractivity contribution is -0.112. The van der Waals surface area contributed by atoms with Gasteiger partial charge in [-0.2, -0.15) is 0 Å². The van der Waals surface area contributed by atoms with Gasteiger partial charge in [0.05, 0.1) is 10.6 Å². The topological polar surface area (TPSA) is 54.5 Å². The third-order valence-electron chi connectivity index (χ3n) is 4.07. The van der Waals surface area contributed by atoms with Crippen LogP contribution in [0.25, 0.3) is 0 Å². The molecule has 6 heteroatoms. The highest BCUT2D eigenvalue weighted by Crippen LogP contribution is 2.28. The maximum Gasteiger partial charge on any atom is 0.265 e. The molecule has 1 atom stereocenters. The molecule has 2 rings (SSSR count). The molecule has 2 aromatic carbocycles. The number of aryl methyl sites for hydroxylation is 1. The minimum absolute atomic E-state index is 0.121. The molecule has 0 N–H and O–H groups in total. The van der Waals surface area contributed by atoms with E-state index < -0.39 is 21.3 Å². The molecular formula is C19H22ClNO3S. The first kappa shape index (κ1) is 19.5. The first-order valence-corrected chi connectivity index (χ1v) is 9.87. The average molecular weight is 380 g/mol. The van der Waals surface area contributed by atoms with Crippen molar-refractivity contribution >= 4 is 32.6 Å². The van der Waals surface area contributed by atoms with Crippen molar-refractivity contribution in [1.29, 1.82) is 0 Å². The van der Waals surface area contributed by atoms with Gasteiger partial charge in [0.25, 0.3) is 10.0 Å². The van der Waals surface area contributed by atoms with Crippen LogP contribution in [-0.2, 0) is 14.8 Å². The van der Waals surface area contributed by atoms with Crippen LogP contribution in [0.4, 0.5) is 5.69 Å². The molecule has 4 nitrogen and oxygen atoms in total. The Bertz CT molecular complexity index is 843. The number of benzene rings is 2. The van der Waals surface area contributed by atoms with E-state index in [2.05, 4.69) is 13.8 Å². The van der Waals surface area contributed by atoms with Crippen molar-refractivity contribution in [3.63, 3.8) is 0 Å². The maximum absolute atomic E-state index is 13.1. The van der Waals surface area contributed by atoms with Gasteiger partial charge in [0, 0.05) is 0 Å². The van der Waals surface area contributed by atoms with Crippen LogP contribution in [-0.4, -0.2) is 19.7 Å². The molecule has 0 aliphatic carbocycles. The van der Waals surface area contributed by atoms with Crippen molar-refractivity contribution in [2.45, 2.75) is 44.6 Å². The molecule has 0 amide bonds. The Balaban J connectivity index is 2.56. The Hall–Kier alpha value is -1.85. The van der Waals surface area contributed by atoms with Crippen LogP contribution < -0.4 is 4.31 Å². The van der Waals surface area contributed by atoms with Crippen molar-refractivity contribution in [3.05, 3.63) is 59.7 Å². The molecule has 0 aliphatic heterocycles. The van der Waals surface area contributed by atoms with E-state index in [0.717, 1.165) is 15.4 Å². The zero-order valence-electron chi connectivity index (χ0n) is 14.7. The molecule has 0 radical (unpaired) electrons. The van der Waals surface area contributed by atoms with Crippen molar-refractivity contribution in [3.8, 4) is 0 Å². The maximum atomic E-state index is 13.1. The molecule has 0 fully saturated rings. The number of hydrogen-bond acceptors (Lipinski definition) is 3.